The molecular formula is C15H20N2O5S. The molecule has 3 rings (SSSR count). The first-order chi connectivity index (χ1) is 10.8. The lowest BCUT2D eigenvalue weighted by molar-refractivity contribution is -0.380. The highest BCUT2D eigenvalue weighted by Gasteiger charge is 2.48. The predicted molar refractivity (Wildman–Crippen MR) is 84.6 cm³/mol. The predicted octanol–water partition coefficient (Wildman–Crippen LogP) is 2.63. The summed E-state index contributed by atoms with van der Waals surface area (Å²) < 4.78 is 5.77. The molecule has 1 N–H and O–H groups in total. The van der Waals surface area contributed by atoms with Gasteiger partial charge >= 0.3 is 5.00 Å². The highest BCUT2D eigenvalue weighted by atomic mass is 32.1. The monoisotopic (exact) mass is 340 g/mol. The Bertz CT molecular complexity index is 642. The van der Waals surface area contributed by atoms with E-state index in [1.54, 1.807) is 18.7 Å². The van der Waals surface area contributed by atoms with Gasteiger partial charge in [-0.05, 0) is 26.7 Å². The highest BCUT2D eigenvalue weighted by Crippen LogP contribution is 2.49. The third-order valence-electron chi connectivity index (χ3n) is 4.49. The van der Waals surface area contributed by atoms with Gasteiger partial charge in [0.05, 0.1) is 21.9 Å². The molecule has 2 aliphatic heterocycles. The largest absolute Gasteiger partial charge is 0.484 e. The maximum absolute atomic E-state index is 12.5. The maximum Gasteiger partial charge on any atom is 0.328 e. The van der Waals surface area contributed by atoms with E-state index in [1.807, 2.05) is 0 Å². The SMILES string of the molecule is CC1(C)Oc2cc([N+](=O)[O-])sc2[C@@H](N2CCCCCC2=O)[C@@H]1O. The smallest absolute Gasteiger partial charge is 0.328 e. The Kier molecular flexibility index (Phi) is 4.05. The summed E-state index contributed by atoms with van der Waals surface area (Å²) in [5.41, 5.74) is -0.917. The first-order valence-corrected chi connectivity index (χ1v) is 8.57. The number of aliphatic hydroxyl groups excluding tert-OH is 1. The molecule has 1 amide bonds. The Morgan fingerprint density at radius 3 is 2.87 bits per heavy atom. The molecule has 1 aromatic heterocycles. The van der Waals surface area contributed by atoms with Crippen molar-refractivity contribution >= 4 is 22.2 Å². The molecule has 1 fully saturated rings. The molecule has 0 bridgehead atoms. The number of amides is 1. The number of thiophene rings is 1. The van der Waals surface area contributed by atoms with Crippen LogP contribution in [-0.4, -0.2) is 39.1 Å². The molecule has 2 atom stereocenters. The number of fused-ring (bicyclic) bond motifs is 1. The van der Waals surface area contributed by atoms with Crippen molar-refractivity contribution in [3.63, 3.8) is 0 Å². The van der Waals surface area contributed by atoms with Crippen LogP contribution >= 0.6 is 11.3 Å². The molecule has 0 unspecified atom stereocenters. The number of rotatable bonds is 2. The summed E-state index contributed by atoms with van der Waals surface area (Å²) in [6.07, 6.45) is 2.21. The Morgan fingerprint density at radius 1 is 1.43 bits per heavy atom. The molecule has 0 radical (unpaired) electrons. The van der Waals surface area contributed by atoms with Crippen LogP contribution < -0.4 is 4.74 Å². The average Bonchev–Trinajstić information content (AvgIpc) is 2.76. The topological polar surface area (TPSA) is 92.9 Å². The fourth-order valence-corrected chi connectivity index (χ4v) is 4.27. The van der Waals surface area contributed by atoms with Crippen LogP contribution in [0.15, 0.2) is 6.07 Å². The molecule has 126 valence electrons. The molecule has 0 spiro atoms. The van der Waals surface area contributed by atoms with E-state index in [9.17, 15) is 20.0 Å². The van der Waals surface area contributed by atoms with Gasteiger partial charge in [-0.15, -0.1) is 0 Å². The van der Waals surface area contributed by atoms with Gasteiger partial charge in [0.15, 0.2) is 0 Å². The minimum Gasteiger partial charge on any atom is -0.484 e. The van der Waals surface area contributed by atoms with Gasteiger partial charge in [0.25, 0.3) is 0 Å². The van der Waals surface area contributed by atoms with E-state index in [0.29, 0.717) is 23.6 Å². The first-order valence-electron chi connectivity index (χ1n) is 7.76. The molecule has 1 saturated heterocycles. The molecule has 0 saturated carbocycles. The summed E-state index contributed by atoms with van der Waals surface area (Å²) in [7, 11) is 0. The molecule has 23 heavy (non-hydrogen) atoms. The Hall–Kier alpha value is -1.67. The minimum atomic E-state index is -0.935. The number of hydrogen-bond acceptors (Lipinski definition) is 6. The van der Waals surface area contributed by atoms with Gasteiger partial charge in [-0.1, -0.05) is 17.8 Å². The Balaban J connectivity index is 2.06. The highest BCUT2D eigenvalue weighted by molar-refractivity contribution is 7.15. The van der Waals surface area contributed by atoms with Crippen LogP contribution in [0, 0.1) is 10.1 Å². The van der Waals surface area contributed by atoms with E-state index >= 15 is 0 Å². The molecule has 7 nitrogen and oxygen atoms in total. The number of nitro groups is 1. The van der Waals surface area contributed by atoms with Crippen molar-refractivity contribution in [2.75, 3.05) is 6.54 Å². The van der Waals surface area contributed by atoms with E-state index in [0.717, 1.165) is 30.6 Å². The van der Waals surface area contributed by atoms with Crippen LogP contribution in [0.25, 0.3) is 0 Å². The molecule has 1 aromatic rings. The van der Waals surface area contributed by atoms with Crippen LogP contribution in [-0.2, 0) is 4.79 Å². The quantitative estimate of drug-likeness (QED) is 0.660. The zero-order valence-corrected chi connectivity index (χ0v) is 14.0. The van der Waals surface area contributed by atoms with Crippen LogP contribution in [0.2, 0.25) is 0 Å². The van der Waals surface area contributed by atoms with Gasteiger partial charge in [-0.3, -0.25) is 14.9 Å². The number of nitrogens with zero attached hydrogens (tertiary/aromatic N) is 2. The Labute approximate surface area is 138 Å². The van der Waals surface area contributed by atoms with Crippen LogP contribution in [0.5, 0.6) is 5.75 Å². The van der Waals surface area contributed by atoms with Gasteiger partial charge < -0.3 is 14.7 Å². The zero-order valence-electron chi connectivity index (χ0n) is 13.2. The lowest BCUT2D eigenvalue weighted by Crippen LogP contribution is -2.54. The first kappa shape index (κ1) is 16.2. The standard InChI is InChI=1S/C15H20N2O5S/c1-15(2)14(19)12(16-7-5-3-4-6-10(16)18)13-9(22-15)8-11(23-13)17(20)21/h8,12,14,19H,3-7H2,1-2H3/t12-,14+/m1/s1. The van der Waals surface area contributed by atoms with E-state index in [2.05, 4.69) is 0 Å². The van der Waals surface area contributed by atoms with E-state index in [-0.39, 0.29) is 10.9 Å². The second kappa shape index (κ2) is 5.76. The fraction of sp³-hybridized carbons (Fsp3) is 0.667. The third kappa shape index (κ3) is 2.81. The van der Waals surface area contributed by atoms with Crippen LogP contribution in [0.4, 0.5) is 5.00 Å². The molecule has 0 aromatic carbocycles. The number of carbonyl (C=O) groups excluding carboxylic acids is 1. The van der Waals surface area contributed by atoms with Crippen molar-refractivity contribution < 1.29 is 19.6 Å². The summed E-state index contributed by atoms with van der Waals surface area (Å²) in [5, 5.41) is 21.8. The molecule has 0 aliphatic carbocycles. The molecule has 8 heteroatoms. The van der Waals surface area contributed by atoms with Crippen LogP contribution in [0.3, 0.4) is 0 Å². The summed E-state index contributed by atoms with van der Waals surface area (Å²) >= 11 is 0.981. The van der Waals surface area contributed by atoms with E-state index in [4.69, 9.17) is 4.74 Å². The van der Waals surface area contributed by atoms with Gasteiger partial charge in [0, 0.05) is 13.0 Å². The Morgan fingerprint density at radius 2 is 2.17 bits per heavy atom. The molecule has 2 aliphatic rings. The summed E-state index contributed by atoms with van der Waals surface area (Å²) in [6, 6.07) is 0.807. The van der Waals surface area contributed by atoms with E-state index in [1.165, 1.54) is 6.07 Å². The fourth-order valence-electron chi connectivity index (χ4n) is 3.23. The van der Waals surface area contributed by atoms with Crippen molar-refractivity contribution in [1.82, 2.24) is 4.90 Å². The number of likely N-dealkylation sites (tertiary alicyclic amines) is 1. The summed E-state index contributed by atoms with van der Waals surface area (Å²) in [5.74, 6) is 0.394. The number of aliphatic hydroxyl groups is 1. The van der Waals surface area contributed by atoms with Crippen molar-refractivity contribution in [3.05, 3.63) is 21.1 Å². The minimum absolute atomic E-state index is 0.00810. The molecular weight excluding hydrogens is 320 g/mol. The third-order valence-corrected chi connectivity index (χ3v) is 5.63. The van der Waals surface area contributed by atoms with Crippen molar-refractivity contribution in [3.8, 4) is 5.75 Å². The number of hydrogen-bond donors (Lipinski definition) is 1. The lowest BCUT2D eigenvalue weighted by atomic mass is 9.89. The van der Waals surface area contributed by atoms with Crippen LogP contribution in [0.1, 0.15) is 50.4 Å². The second-order valence-corrected chi connectivity index (χ2v) is 7.63. The normalized spacial score (nSPS) is 27.1. The van der Waals surface area contributed by atoms with E-state index < -0.39 is 22.7 Å². The zero-order chi connectivity index (χ0) is 16.8. The number of ether oxygens (including phenoxy) is 1. The summed E-state index contributed by atoms with van der Waals surface area (Å²) in [6.45, 7) is 4.03. The molecule has 3 heterocycles. The maximum atomic E-state index is 12.5. The second-order valence-electron chi connectivity index (χ2n) is 6.56. The average molecular weight is 340 g/mol. The van der Waals surface area contributed by atoms with Gasteiger partial charge in [-0.25, -0.2) is 0 Å². The number of carbonyl (C=O) groups is 1. The van der Waals surface area contributed by atoms with Gasteiger partial charge in [0.2, 0.25) is 5.91 Å². The van der Waals surface area contributed by atoms with Gasteiger partial charge in [-0.2, -0.15) is 0 Å². The van der Waals surface area contributed by atoms with Crippen molar-refractivity contribution in [2.24, 2.45) is 0 Å². The van der Waals surface area contributed by atoms with Crippen molar-refractivity contribution in [1.29, 1.82) is 0 Å². The summed E-state index contributed by atoms with van der Waals surface area (Å²) in [4.78, 5) is 25.3. The van der Waals surface area contributed by atoms with Gasteiger partial charge in [0.1, 0.15) is 17.5 Å². The lowest BCUT2D eigenvalue weighted by Gasteiger charge is -2.44. The van der Waals surface area contributed by atoms with Crippen molar-refractivity contribution in [2.45, 2.75) is 57.3 Å².